The molecule has 0 aromatic rings. The smallest absolute Gasteiger partial charge is 0.154 e. The lowest BCUT2D eigenvalue weighted by atomic mass is 10.0. The van der Waals surface area contributed by atoms with Crippen molar-refractivity contribution in [1.82, 2.24) is 0 Å². The molecule has 0 aromatic heterocycles. The summed E-state index contributed by atoms with van der Waals surface area (Å²) in [5, 5.41) is 8.78. The van der Waals surface area contributed by atoms with Crippen molar-refractivity contribution in [2.45, 2.75) is 31.5 Å². The van der Waals surface area contributed by atoms with Crippen LogP contribution in [-0.2, 0) is 9.53 Å². The van der Waals surface area contributed by atoms with E-state index in [1.807, 2.05) is 6.92 Å². The lowest BCUT2D eigenvalue weighted by molar-refractivity contribution is -0.134. The van der Waals surface area contributed by atoms with E-state index < -0.39 is 5.60 Å². The number of aldehydes is 1. The van der Waals surface area contributed by atoms with E-state index in [0.717, 1.165) is 6.42 Å². The van der Waals surface area contributed by atoms with Crippen molar-refractivity contribution < 1.29 is 14.6 Å². The van der Waals surface area contributed by atoms with Crippen molar-refractivity contribution in [3.63, 3.8) is 0 Å². The highest BCUT2D eigenvalue weighted by atomic mass is 16.5. The largest absolute Gasteiger partial charge is 0.393 e. The monoisotopic (exact) mass is 144 g/mol. The summed E-state index contributed by atoms with van der Waals surface area (Å²) in [6.45, 7) is 1.71. The second-order valence-corrected chi connectivity index (χ2v) is 2.81. The number of hydrogen-bond donors (Lipinski definition) is 1. The minimum Gasteiger partial charge on any atom is -0.393 e. The topological polar surface area (TPSA) is 46.5 Å². The Hall–Kier alpha value is -0.410. The minimum atomic E-state index is -0.876. The first-order valence-corrected chi connectivity index (χ1v) is 3.47. The summed E-state index contributed by atoms with van der Waals surface area (Å²) in [6, 6.07) is 0. The maximum atomic E-state index is 10.4. The Bertz CT molecular complexity index is 135. The predicted molar refractivity (Wildman–Crippen MR) is 35.7 cm³/mol. The van der Waals surface area contributed by atoms with Crippen molar-refractivity contribution in [2.75, 3.05) is 6.61 Å². The fraction of sp³-hybridized carbons (Fsp3) is 0.857. The van der Waals surface area contributed by atoms with Gasteiger partial charge in [-0.15, -0.1) is 0 Å². The normalized spacial score (nSPS) is 40.0. The van der Waals surface area contributed by atoms with Crippen LogP contribution in [0.3, 0.4) is 0 Å². The molecule has 0 spiro atoms. The van der Waals surface area contributed by atoms with Gasteiger partial charge in [-0.3, -0.25) is 0 Å². The first-order valence-electron chi connectivity index (χ1n) is 3.47. The van der Waals surface area contributed by atoms with E-state index in [1.54, 1.807) is 0 Å². The molecule has 0 bridgehead atoms. The molecule has 1 aliphatic heterocycles. The van der Waals surface area contributed by atoms with Gasteiger partial charge in [-0.05, 0) is 19.8 Å². The maximum absolute atomic E-state index is 10.4. The zero-order chi connectivity index (χ0) is 7.61. The predicted octanol–water partition coefficient (Wildman–Crippen LogP) is 0.115. The summed E-state index contributed by atoms with van der Waals surface area (Å²) in [4.78, 5) is 10.4. The minimum absolute atomic E-state index is 0.109. The van der Waals surface area contributed by atoms with E-state index in [0.29, 0.717) is 12.7 Å². The zero-order valence-electron chi connectivity index (χ0n) is 6.04. The maximum Gasteiger partial charge on any atom is 0.154 e. The zero-order valence-corrected chi connectivity index (χ0v) is 6.04. The molecule has 1 N–H and O–H groups in total. The number of rotatable bonds is 2. The van der Waals surface area contributed by atoms with Gasteiger partial charge in [0.2, 0.25) is 0 Å². The highest BCUT2D eigenvalue weighted by Gasteiger charge is 2.37. The fourth-order valence-electron chi connectivity index (χ4n) is 1.21. The molecule has 0 aromatic carbocycles. The Morgan fingerprint density at radius 1 is 1.90 bits per heavy atom. The van der Waals surface area contributed by atoms with Crippen LogP contribution in [0.15, 0.2) is 0 Å². The number of aliphatic hydroxyl groups excluding tert-OH is 1. The SMILES string of the molecule is C[C@H]1CC[C@@](C=O)(CO)O1. The third kappa shape index (κ3) is 1.20. The van der Waals surface area contributed by atoms with Crippen LogP contribution < -0.4 is 0 Å². The lowest BCUT2D eigenvalue weighted by Gasteiger charge is -2.18. The first kappa shape index (κ1) is 7.69. The van der Waals surface area contributed by atoms with Crippen LogP contribution >= 0.6 is 0 Å². The van der Waals surface area contributed by atoms with Gasteiger partial charge in [-0.25, -0.2) is 0 Å². The molecule has 1 heterocycles. The molecule has 3 nitrogen and oxygen atoms in total. The van der Waals surface area contributed by atoms with Crippen LogP contribution in [0.1, 0.15) is 19.8 Å². The van der Waals surface area contributed by atoms with Gasteiger partial charge in [0.05, 0.1) is 12.7 Å². The Morgan fingerprint density at radius 2 is 2.60 bits per heavy atom. The molecule has 0 amide bonds. The third-order valence-electron chi connectivity index (χ3n) is 1.89. The van der Waals surface area contributed by atoms with Gasteiger partial charge in [0, 0.05) is 0 Å². The van der Waals surface area contributed by atoms with Crippen LogP contribution in [0.5, 0.6) is 0 Å². The van der Waals surface area contributed by atoms with Crippen molar-refractivity contribution in [1.29, 1.82) is 0 Å². The van der Waals surface area contributed by atoms with Gasteiger partial charge in [0.25, 0.3) is 0 Å². The van der Waals surface area contributed by atoms with Crippen molar-refractivity contribution in [2.24, 2.45) is 0 Å². The summed E-state index contributed by atoms with van der Waals surface area (Å²) < 4.78 is 5.23. The summed E-state index contributed by atoms with van der Waals surface area (Å²) in [5.41, 5.74) is -0.876. The fourth-order valence-corrected chi connectivity index (χ4v) is 1.21. The molecular formula is C7H12O3. The molecule has 0 aliphatic carbocycles. The molecule has 0 radical (unpaired) electrons. The Kier molecular flexibility index (Phi) is 2.06. The molecule has 3 heteroatoms. The molecular weight excluding hydrogens is 132 g/mol. The Morgan fingerprint density at radius 3 is 2.80 bits per heavy atom. The number of ether oxygens (including phenoxy) is 1. The van der Waals surface area contributed by atoms with E-state index in [9.17, 15) is 4.79 Å². The highest BCUT2D eigenvalue weighted by Crippen LogP contribution is 2.27. The van der Waals surface area contributed by atoms with Gasteiger partial charge in [-0.2, -0.15) is 0 Å². The van der Waals surface area contributed by atoms with E-state index in [-0.39, 0.29) is 12.7 Å². The van der Waals surface area contributed by atoms with Crippen LogP contribution in [0, 0.1) is 0 Å². The molecule has 2 atom stereocenters. The quantitative estimate of drug-likeness (QED) is 0.560. The molecule has 1 saturated heterocycles. The van der Waals surface area contributed by atoms with E-state index >= 15 is 0 Å². The molecule has 58 valence electrons. The van der Waals surface area contributed by atoms with E-state index in [4.69, 9.17) is 9.84 Å². The average molecular weight is 144 g/mol. The van der Waals surface area contributed by atoms with Crippen molar-refractivity contribution in [3.8, 4) is 0 Å². The van der Waals surface area contributed by atoms with Crippen molar-refractivity contribution in [3.05, 3.63) is 0 Å². The molecule has 0 saturated carbocycles. The van der Waals surface area contributed by atoms with Gasteiger partial charge in [0.15, 0.2) is 6.29 Å². The van der Waals surface area contributed by atoms with Gasteiger partial charge in [0.1, 0.15) is 5.60 Å². The van der Waals surface area contributed by atoms with Crippen LogP contribution in [0.25, 0.3) is 0 Å². The second-order valence-electron chi connectivity index (χ2n) is 2.81. The van der Waals surface area contributed by atoms with Gasteiger partial charge in [-0.1, -0.05) is 0 Å². The summed E-state index contributed by atoms with van der Waals surface area (Å²) in [5.74, 6) is 0. The molecule has 1 aliphatic rings. The average Bonchev–Trinajstić information content (AvgIpc) is 2.33. The number of carbonyl (C=O) groups excluding carboxylic acids is 1. The van der Waals surface area contributed by atoms with Crippen LogP contribution in [0.2, 0.25) is 0 Å². The first-order chi connectivity index (χ1) is 4.72. The Labute approximate surface area is 60.0 Å². The highest BCUT2D eigenvalue weighted by molar-refractivity contribution is 5.63. The standard InChI is InChI=1S/C7H12O3/c1-6-2-3-7(4-8,5-9)10-6/h4,6,9H,2-3,5H2,1H3/t6-,7+/m0/s1. The summed E-state index contributed by atoms with van der Waals surface area (Å²) in [7, 11) is 0. The second kappa shape index (κ2) is 2.68. The third-order valence-corrected chi connectivity index (χ3v) is 1.89. The number of aliphatic hydroxyl groups is 1. The van der Waals surface area contributed by atoms with Crippen molar-refractivity contribution >= 4 is 6.29 Å². The van der Waals surface area contributed by atoms with Gasteiger partial charge < -0.3 is 14.6 Å². The van der Waals surface area contributed by atoms with Crippen LogP contribution in [0.4, 0.5) is 0 Å². The molecule has 1 rings (SSSR count). The number of hydrogen-bond acceptors (Lipinski definition) is 3. The lowest BCUT2D eigenvalue weighted by Crippen LogP contribution is -2.34. The summed E-state index contributed by atoms with van der Waals surface area (Å²) in [6.07, 6.45) is 2.32. The Balaban J connectivity index is 2.59. The molecule has 0 unspecified atom stereocenters. The number of carbonyl (C=O) groups is 1. The van der Waals surface area contributed by atoms with Gasteiger partial charge >= 0.3 is 0 Å². The summed E-state index contributed by atoms with van der Waals surface area (Å²) >= 11 is 0. The van der Waals surface area contributed by atoms with E-state index in [1.165, 1.54) is 0 Å². The van der Waals surface area contributed by atoms with Crippen LogP contribution in [-0.4, -0.2) is 29.7 Å². The molecule has 1 fully saturated rings. The molecule has 10 heavy (non-hydrogen) atoms. The van der Waals surface area contributed by atoms with E-state index in [2.05, 4.69) is 0 Å².